The van der Waals surface area contributed by atoms with Gasteiger partial charge in [-0.1, -0.05) is 64.6 Å². The molecule has 0 saturated heterocycles. The van der Waals surface area contributed by atoms with Crippen molar-refractivity contribution < 1.29 is 4.79 Å². The molecule has 0 aromatic heterocycles. The van der Waals surface area contributed by atoms with E-state index >= 15 is 0 Å². The fourth-order valence-electron chi connectivity index (χ4n) is 1.93. The summed E-state index contributed by atoms with van der Waals surface area (Å²) in [5.74, 6) is -0.289. The van der Waals surface area contributed by atoms with Gasteiger partial charge in [0.05, 0.1) is 10.9 Å². The summed E-state index contributed by atoms with van der Waals surface area (Å²) in [6.45, 7) is 4.99. The maximum Gasteiger partial charge on any atom is 0.229 e. The maximum absolute atomic E-state index is 11.8. The van der Waals surface area contributed by atoms with Crippen LogP contribution in [0, 0.1) is 5.92 Å². The number of thiocarbonyl (C=S) groups is 1. The number of nitrogens with one attached hydrogen (secondary N) is 1. The number of hydrogen-bond donors (Lipinski definition) is 2. The molecule has 0 heterocycles. The van der Waals surface area contributed by atoms with E-state index in [1.165, 1.54) is 32.1 Å². The van der Waals surface area contributed by atoms with E-state index in [2.05, 4.69) is 12.2 Å². The third-order valence-electron chi connectivity index (χ3n) is 3.07. The van der Waals surface area contributed by atoms with Crippen molar-refractivity contribution in [3.8, 4) is 0 Å². The molecule has 0 saturated carbocycles. The van der Waals surface area contributed by atoms with Crippen molar-refractivity contribution in [2.24, 2.45) is 11.7 Å². The van der Waals surface area contributed by atoms with Crippen LogP contribution in [0.1, 0.15) is 65.2 Å². The van der Waals surface area contributed by atoms with Gasteiger partial charge >= 0.3 is 0 Å². The number of amides is 1. The molecule has 1 unspecified atom stereocenters. The van der Waals surface area contributed by atoms with Gasteiger partial charge in [0.1, 0.15) is 0 Å². The lowest BCUT2D eigenvalue weighted by atomic mass is 10.0. The summed E-state index contributed by atoms with van der Waals surface area (Å²) in [7, 11) is 0. The van der Waals surface area contributed by atoms with Crippen LogP contribution in [0.25, 0.3) is 0 Å². The molecule has 0 bridgehead atoms. The Morgan fingerprint density at radius 2 is 1.72 bits per heavy atom. The summed E-state index contributed by atoms with van der Waals surface area (Å²) in [4.78, 5) is 12.1. The molecule has 4 heteroatoms. The summed E-state index contributed by atoms with van der Waals surface area (Å²) in [6, 6.07) is 0. The summed E-state index contributed by atoms with van der Waals surface area (Å²) in [5, 5.41) is 2.93. The maximum atomic E-state index is 11.8. The highest BCUT2D eigenvalue weighted by molar-refractivity contribution is 7.80. The predicted molar refractivity (Wildman–Crippen MR) is 81.6 cm³/mol. The molecule has 0 aliphatic carbocycles. The molecule has 0 aliphatic heterocycles. The highest BCUT2D eigenvalue weighted by Crippen LogP contribution is 2.08. The summed E-state index contributed by atoms with van der Waals surface area (Å²) >= 11 is 4.93. The Bertz CT molecular complexity index is 244. The van der Waals surface area contributed by atoms with E-state index in [4.69, 9.17) is 18.0 Å². The van der Waals surface area contributed by atoms with E-state index in [-0.39, 0.29) is 11.8 Å². The number of nitrogens with two attached hydrogens (primary N) is 1. The second-order valence-corrected chi connectivity index (χ2v) is 5.27. The van der Waals surface area contributed by atoms with Crippen molar-refractivity contribution >= 4 is 23.1 Å². The van der Waals surface area contributed by atoms with Gasteiger partial charge < -0.3 is 11.1 Å². The summed E-state index contributed by atoms with van der Waals surface area (Å²) < 4.78 is 0. The number of unbranched alkanes of at least 4 members (excludes halogenated alkanes) is 5. The van der Waals surface area contributed by atoms with Crippen molar-refractivity contribution in [3.05, 3.63) is 0 Å². The molecule has 0 fully saturated rings. The van der Waals surface area contributed by atoms with Crippen molar-refractivity contribution in [1.82, 2.24) is 5.32 Å². The van der Waals surface area contributed by atoms with Crippen molar-refractivity contribution in [1.29, 1.82) is 0 Å². The highest BCUT2D eigenvalue weighted by Gasteiger charge is 2.19. The van der Waals surface area contributed by atoms with Crippen LogP contribution in [0.4, 0.5) is 0 Å². The molecular weight excluding hydrogens is 244 g/mol. The van der Waals surface area contributed by atoms with Gasteiger partial charge in [-0.15, -0.1) is 0 Å². The first kappa shape index (κ1) is 17.4. The van der Waals surface area contributed by atoms with Gasteiger partial charge in [-0.25, -0.2) is 0 Å². The predicted octanol–water partition coefficient (Wildman–Crippen LogP) is 3.17. The SMILES string of the molecule is CCCCCCCCNC(=O)C(CCC)C(N)=S. The highest BCUT2D eigenvalue weighted by atomic mass is 32.1. The fourth-order valence-corrected chi connectivity index (χ4v) is 2.16. The van der Waals surface area contributed by atoms with E-state index < -0.39 is 0 Å². The fraction of sp³-hybridized carbons (Fsp3) is 0.857. The Morgan fingerprint density at radius 3 is 2.28 bits per heavy atom. The van der Waals surface area contributed by atoms with Gasteiger partial charge in [0, 0.05) is 6.54 Å². The van der Waals surface area contributed by atoms with Gasteiger partial charge in [-0.3, -0.25) is 4.79 Å². The molecule has 0 radical (unpaired) electrons. The third-order valence-corrected chi connectivity index (χ3v) is 3.35. The molecule has 0 aromatic rings. The van der Waals surface area contributed by atoms with Crippen molar-refractivity contribution in [3.63, 3.8) is 0 Å². The number of rotatable bonds is 11. The molecule has 3 nitrogen and oxygen atoms in total. The standard InChI is InChI=1S/C14H28N2OS/c1-3-5-6-7-8-9-11-16-14(17)12(10-4-2)13(15)18/h12H,3-11H2,1-2H3,(H2,15,18)(H,16,17). The molecule has 18 heavy (non-hydrogen) atoms. The second-order valence-electron chi connectivity index (χ2n) is 4.80. The lowest BCUT2D eigenvalue weighted by Crippen LogP contribution is -2.38. The quantitative estimate of drug-likeness (QED) is 0.449. The van der Waals surface area contributed by atoms with E-state index in [9.17, 15) is 4.79 Å². The smallest absolute Gasteiger partial charge is 0.229 e. The zero-order chi connectivity index (χ0) is 13.8. The van der Waals surface area contributed by atoms with Crippen LogP contribution in [-0.4, -0.2) is 17.4 Å². The van der Waals surface area contributed by atoms with Gasteiger partial charge in [0.25, 0.3) is 0 Å². The average Bonchev–Trinajstić information content (AvgIpc) is 2.34. The van der Waals surface area contributed by atoms with E-state index in [0.717, 1.165) is 25.8 Å². The van der Waals surface area contributed by atoms with Gasteiger partial charge in [0.15, 0.2) is 0 Å². The lowest BCUT2D eigenvalue weighted by molar-refractivity contribution is -0.123. The molecule has 0 spiro atoms. The van der Waals surface area contributed by atoms with E-state index in [0.29, 0.717) is 4.99 Å². The zero-order valence-corrected chi connectivity index (χ0v) is 12.7. The number of carbonyl (C=O) groups excluding carboxylic acids is 1. The topological polar surface area (TPSA) is 55.1 Å². The first-order valence-electron chi connectivity index (χ1n) is 7.20. The summed E-state index contributed by atoms with van der Waals surface area (Å²) in [5.41, 5.74) is 5.58. The van der Waals surface area contributed by atoms with Crippen LogP contribution in [0.5, 0.6) is 0 Å². The largest absolute Gasteiger partial charge is 0.393 e. The molecule has 106 valence electrons. The Morgan fingerprint density at radius 1 is 1.11 bits per heavy atom. The minimum absolute atomic E-state index is 0.00194. The molecule has 0 rings (SSSR count). The normalized spacial score (nSPS) is 12.1. The third kappa shape index (κ3) is 8.45. The molecular formula is C14H28N2OS. The van der Waals surface area contributed by atoms with Crippen molar-refractivity contribution in [2.75, 3.05) is 6.54 Å². The Labute approximate surface area is 117 Å². The average molecular weight is 272 g/mol. The van der Waals surface area contributed by atoms with Crippen LogP contribution >= 0.6 is 12.2 Å². The molecule has 1 amide bonds. The first-order valence-corrected chi connectivity index (χ1v) is 7.61. The van der Waals surface area contributed by atoms with Crippen LogP contribution in [0.3, 0.4) is 0 Å². The van der Waals surface area contributed by atoms with E-state index in [1.807, 2.05) is 6.92 Å². The van der Waals surface area contributed by atoms with Gasteiger partial charge in [0.2, 0.25) is 5.91 Å². The van der Waals surface area contributed by atoms with Crippen LogP contribution in [-0.2, 0) is 4.79 Å². The lowest BCUT2D eigenvalue weighted by Gasteiger charge is -2.14. The minimum Gasteiger partial charge on any atom is -0.393 e. The zero-order valence-electron chi connectivity index (χ0n) is 11.8. The van der Waals surface area contributed by atoms with Gasteiger partial charge in [-0.2, -0.15) is 0 Å². The second kappa shape index (κ2) is 11.5. The summed E-state index contributed by atoms with van der Waals surface area (Å²) in [6.07, 6.45) is 9.05. The molecule has 0 aliphatic rings. The molecule has 3 N–H and O–H groups in total. The first-order chi connectivity index (χ1) is 8.63. The Hall–Kier alpha value is -0.640. The van der Waals surface area contributed by atoms with E-state index in [1.54, 1.807) is 0 Å². The van der Waals surface area contributed by atoms with Crippen molar-refractivity contribution in [2.45, 2.75) is 65.2 Å². The Balaban J connectivity index is 3.64. The Kier molecular flexibility index (Phi) is 11.0. The molecule has 0 aromatic carbocycles. The van der Waals surface area contributed by atoms with Crippen LogP contribution in [0.15, 0.2) is 0 Å². The van der Waals surface area contributed by atoms with Gasteiger partial charge in [-0.05, 0) is 12.8 Å². The molecule has 1 atom stereocenters. The van der Waals surface area contributed by atoms with Crippen LogP contribution in [0.2, 0.25) is 0 Å². The minimum atomic E-state index is -0.287. The number of carbonyl (C=O) groups is 1. The number of hydrogen-bond acceptors (Lipinski definition) is 2. The van der Waals surface area contributed by atoms with Crippen LogP contribution < -0.4 is 11.1 Å². The monoisotopic (exact) mass is 272 g/mol.